The molecule has 1 aliphatic heterocycles. The van der Waals surface area contributed by atoms with Crippen molar-refractivity contribution in [2.45, 2.75) is 18.9 Å². The van der Waals surface area contributed by atoms with E-state index in [0.29, 0.717) is 18.9 Å². The van der Waals surface area contributed by atoms with E-state index in [1.165, 1.54) is 12.1 Å². The van der Waals surface area contributed by atoms with Crippen molar-refractivity contribution in [1.82, 2.24) is 10.6 Å². The second-order valence-electron chi connectivity index (χ2n) is 5.12. The Morgan fingerprint density at radius 3 is 2.59 bits per heavy atom. The lowest BCUT2D eigenvalue weighted by Crippen LogP contribution is -2.44. The number of sulfone groups is 1. The van der Waals surface area contributed by atoms with Crippen molar-refractivity contribution >= 4 is 39.8 Å². The van der Waals surface area contributed by atoms with E-state index in [9.17, 15) is 12.8 Å². The summed E-state index contributed by atoms with van der Waals surface area (Å²) in [4.78, 5) is 4.08. The van der Waals surface area contributed by atoms with Gasteiger partial charge in [-0.15, -0.1) is 24.0 Å². The smallest absolute Gasteiger partial charge is 0.191 e. The quantitative estimate of drug-likeness (QED) is 0.421. The Balaban J connectivity index is 0.00000242. The number of aliphatic imine (C=N–C) groups is 1. The molecule has 0 amide bonds. The fourth-order valence-electron chi connectivity index (χ4n) is 2.27. The number of nitrogens with one attached hydrogen (secondary N) is 2. The van der Waals surface area contributed by atoms with Crippen molar-refractivity contribution in [3.8, 4) is 0 Å². The summed E-state index contributed by atoms with van der Waals surface area (Å²) in [5.41, 5.74) is 1.03. The van der Waals surface area contributed by atoms with Gasteiger partial charge in [0.15, 0.2) is 15.8 Å². The molecule has 22 heavy (non-hydrogen) atoms. The van der Waals surface area contributed by atoms with Gasteiger partial charge in [0.1, 0.15) is 5.82 Å². The molecule has 0 aromatic heterocycles. The van der Waals surface area contributed by atoms with Gasteiger partial charge in [0.25, 0.3) is 0 Å². The largest absolute Gasteiger partial charge is 0.356 e. The summed E-state index contributed by atoms with van der Waals surface area (Å²) in [6, 6.07) is 6.29. The topological polar surface area (TPSA) is 70.6 Å². The number of rotatable bonds is 4. The first kappa shape index (κ1) is 19.1. The fraction of sp³-hybridized carbons (Fsp3) is 0.500. The van der Waals surface area contributed by atoms with Crippen LogP contribution in [0.4, 0.5) is 4.39 Å². The SMILES string of the molecule is CN=C(NCCc1ccc(F)cc1)NC1CCS(=O)(=O)C1.I. The summed E-state index contributed by atoms with van der Waals surface area (Å²) in [6.45, 7) is 0.644. The normalized spacial score (nSPS) is 20.3. The number of guanidine groups is 1. The van der Waals surface area contributed by atoms with Crippen LogP contribution in [0.25, 0.3) is 0 Å². The first-order valence-electron chi connectivity index (χ1n) is 6.90. The fourth-order valence-corrected chi connectivity index (χ4v) is 3.95. The molecule has 0 bridgehead atoms. The molecule has 0 saturated carbocycles. The highest BCUT2D eigenvalue weighted by atomic mass is 127. The lowest BCUT2D eigenvalue weighted by atomic mass is 10.1. The minimum Gasteiger partial charge on any atom is -0.356 e. The average molecular weight is 441 g/mol. The van der Waals surface area contributed by atoms with Gasteiger partial charge in [0.05, 0.1) is 11.5 Å². The van der Waals surface area contributed by atoms with Gasteiger partial charge in [0, 0.05) is 19.6 Å². The van der Waals surface area contributed by atoms with Gasteiger partial charge in [-0.25, -0.2) is 12.8 Å². The van der Waals surface area contributed by atoms with Crippen molar-refractivity contribution in [1.29, 1.82) is 0 Å². The number of hydrogen-bond donors (Lipinski definition) is 2. The molecule has 0 aliphatic carbocycles. The van der Waals surface area contributed by atoms with Crippen molar-refractivity contribution < 1.29 is 12.8 Å². The van der Waals surface area contributed by atoms with Gasteiger partial charge < -0.3 is 10.6 Å². The summed E-state index contributed by atoms with van der Waals surface area (Å²) in [5, 5.41) is 6.25. The van der Waals surface area contributed by atoms with Crippen LogP contribution >= 0.6 is 24.0 Å². The Morgan fingerprint density at radius 1 is 1.36 bits per heavy atom. The Labute approximate surface area is 147 Å². The predicted octanol–water partition coefficient (Wildman–Crippen LogP) is 1.34. The molecule has 2 rings (SSSR count). The molecule has 1 saturated heterocycles. The summed E-state index contributed by atoms with van der Waals surface area (Å²) < 4.78 is 35.6. The molecule has 1 aliphatic rings. The molecular weight excluding hydrogens is 420 g/mol. The van der Waals surface area contributed by atoms with Crippen LogP contribution in [0.15, 0.2) is 29.3 Å². The van der Waals surface area contributed by atoms with E-state index in [1.54, 1.807) is 19.2 Å². The van der Waals surface area contributed by atoms with Gasteiger partial charge >= 0.3 is 0 Å². The molecule has 1 unspecified atom stereocenters. The van der Waals surface area contributed by atoms with Gasteiger partial charge in [-0.3, -0.25) is 4.99 Å². The molecule has 1 aromatic rings. The molecule has 1 aromatic carbocycles. The van der Waals surface area contributed by atoms with Crippen LogP contribution < -0.4 is 10.6 Å². The maximum atomic E-state index is 12.8. The van der Waals surface area contributed by atoms with E-state index in [-0.39, 0.29) is 47.3 Å². The molecule has 0 radical (unpaired) electrons. The van der Waals surface area contributed by atoms with E-state index in [1.807, 2.05) is 0 Å². The van der Waals surface area contributed by atoms with E-state index >= 15 is 0 Å². The summed E-state index contributed by atoms with van der Waals surface area (Å²) >= 11 is 0. The third kappa shape index (κ3) is 6.07. The molecule has 5 nitrogen and oxygen atoms in total. The Hall–Kier alpha value is -0.900. The molecule has 124 valence electrons. The summed E-state index contributed by atoms with van der Waals surface area (Å²) in [5.74, 6) is 0.744. The van der Waals surface area contributed by atoms with E-state index in [4.69, 9.17) is 0 Å². The molecule has 0 spiro atoms. The first-order chi connectivity index (χ1) is 9.98. The monoisotopic (exact) mass is 441 g/mol. The summed E-state index contributed by atoms with van der Waals surface area (Å²) in [7, 11) is -1.25. The van der Waals surface area contributed by atoms with Crippen LogP contribution in [0.2, 0.25) is 0 Å². The highest BCUT2D eigenvalue weighted by Gasteiger charge is 2.28. The van der Waals surface area contributed by atoms with Crippen LogP contribution in [0.3, 0.4) is 0 Å². The number of benzene rings is 1. The van der Waals surface area contributed by atoms with Crippen molar-refractivity contribution in [3.63, 3.8) is 0 Å². The first-order valence-corrected chi connectivity index (χ1v) is 8.73. The second kappa shape index (κ2) is 8.66. The summed E-state index contributed by atoms with van der Waals surface area (Å²) in [6.07, 6.45) is 1.35. The minimum absolute atomic E-state index is 0. The maximum absolute atomic E-state index is 12.8. The zero-order valence-electron chi connectivity index (χ0n) is 12.4. The van der Waals surface area contributed by atoms with Crippen molar-refractivity contribution in [2.24, 2.45) is 4.99 Å². The van der Waals surface area contributed by atoms with Crippen molar-refractivity contribution in [2.75, 3.05) is 25.1 Å². The predicted molar refractivity (Wildman–Crippen MR) is 97.1 cm³/mol. The third-order valence-electron chi connectivity index (χ3n) is 3.42. The molecule has 2 N–H and O–H groups in total. The zero-order valence-corrected chi connectivity index (χ0v) is 15.5. The van der Waals surface area contributed by atoms with Crippen LogP contribution in [-0.2, 0) is 16.3 Å². The third-order valence-corrected chi connectivity index (χ3v) is 5.18. The van der Waals surface area contributed by atoms with Gasteiger partial charge in [-0.05, 0) is 30.5 Å². The molecule has 1 fully saturated rings. The number of nitrogens with zero attached hydrogens (tertiary/aromatic N) is 1. The Bertz CT molecular complexity index is 605. The Kier molecular flexibility index (Phi) is 7.54. The van der Waals surface area contributed by atoms with Crippen LogP contribution in [0.1, 0.15) is 12.0 Å². The Morgan fingerprint density at radius 2 is 2.05 bits per heavy atom. The van der Waals surface area contributed by atoms with E-state index in [0.717, 1.165) is 12.0 Å². The zero-order chi connectivity index (χ0) is 15.3. The number of halogens is 2. The molecule has 1 heterocycles. The lowest BCUT2D eigenvalue weighted by molar-refractivity contribution is 0.599. The van der Waals surface area contributed by atoms with Crippen LogP contribution in [-0.4, -0.2) is 45.5 Å². The minimum atomic E-state index is -2.90. The van der Waals surface area contributed by atoms with Gasteiger partial charge in [-0.2, -0.15) is 0 Å². The van der Waals surface area contributed by atoms with Gasteiger partial charge in [-0.1, -0.05) is 12.1 Å². The highest BCUT2D eigenvalue weighted by Crippen LogP contribution is 2.10. The number of hydrogen-bond acceptors (Lipinski definition) is 3. The second-order valence-corrected chi connectivity index (χ2v) is 7.35. The van der Waals surface area contributed by atoms with Crippen LogP contribution in [0, 0.1) is 5.82 Å². The molecular formula is C14H21FIN3O2S. The maximum Gasteiger partial charge on any atom is 0.191 e. The van der Waals surface area contributed by atoms with Gasteiger partial charge in [0.2, 0.25) is 0 Å². The standard InChI is InChI=1S/C14H20FN3O2S.HI/c1-16-14(18-13-7-9-21(19,20)10-13)17-8-6-11-2-4-12(15)5-3-11;/h2-5,13H,6-10H2,1H3,(H2,16,17,18);1H. The van der Waals surface area contributed by atoms with E-state index in [2.05, 4.69) is 15.6 Å². The van der Waals surface area contributed by atoms with Crippen LogP contribution in [0.5, 0.6) is 0 Å². The molecule has 1 atom stereocenters. The van der Waals surface area contributed by atoms with E-state index < -0.39 is 9.84 Å². The average Bonchev–Trinajstić information content (AvgIpc) is 2.79. The highest BCUT2D eigenvalue weighted by molar-refractivity contribution is 14.0. The molecule has 8 heteroatoms. The van der Waals surface area contributed by atoms with Crippen molar-refractivity contribution in [3.05, 3.63) is 35.6 Å². The lowest BCUT2D eigenvalue weighted by Gasteiger charge is -2.16.